The van der Waals surface area contributed by atoms with E-state index in [1.165, 1.54) is 37.7 Å². The van der Waals surface area contributed by atoms with E-state index in [0.717, 1.165) is 12.3 Å². The summed E-state index contributed by atoms with van der Waals surface area (Å²) in [5.41, 5.74) is 1.41. The minimum absolute atomic E-state index is 0.354. The van der Waals surface area contributed by atoms with Crippen LogP contribution in [-0.4, -0.2) is 5.38 Å². The molecule has 0 aliphatic heterocycles. The van der Waals surface area contributed by atoms with Crippen molar-refractivity contribution in [3.05, 3.63) is 22.4 Å². The molecule has 0 bridgehead atoms. The second-order valence-electron chi connectivity index (χ2n) is 4.32. The summed E-state index contributed by atoms with van der Waals surface area (Å²) in [5.74, 6) is 0.913. The second-order valence-corrected chi connectivity index (χ2v) is 5.72. The molecule has 0 amide bonds. The maximum atomic E-state index is 6.36. The fourth-order valence-corrected chi connectivity index (χ4v) is 3.47. The molecule has 1 aliphatic carbocycles. The lowest BCUT2D eigenvalue weighted by Crippen LogP contribution is -2.08. The SMILES string of the molecule is ClC(Cc1ccsc1)CC1CCCC1. The summed E-state index contributed by atoms with van der Waals surface area (Å²) >= 11 is 8.12. The molecule has 1 atom stereocenters. The van der Waals surface area contributed by atoms with Crippen molar-refractivity contribution in [2.24, 2.45) is 5.92 Å². The van der Waals surface area contributed by atoms with Gasteiger partial charge >= 0.3 is 0 Å². The number of hydrogen-bond donors (Lipinski definition) is 0. The van der Waals surface area contributed by atoms with Crippen molar-refractivity contribution < 1.29 is 0 Å². The number of thiophene rings is 1. The highest BCUT2D eigenvalue weighted by Crippen LogP contribution is 2.30. The van der Waals surface area contributed by atoms with Gasteiger partial charge in [-0.05, 0) is 41.1 Å². The van der Waals surface area contributed by atoms with Crippen molar-refractivity contribution in [1.29, 1.82) is 0 Å². The maximum absolute atomic E-state index is 6.36. The van der Waals surface area contributed by atoms with Gasteiger partial charge in [-0.2, -0.15) is 11.3 Å². The molecule has 0 saturated heterocycles. The van der Waals surface area contributed by atoms with E-state index in [0.29, 0.717) is 5.38 Å². The van der Waals surface area contributed by atoms with Crippen molar-refractivity contribution in [3.63, 3.8) is 0 Å². The summed E-state index contributed by atoms with van der Waals surface area (Å²) in [7, 11) is 0. The van der Waals surface area contributed by atoms with Gasteiger partial charge < -0.3 is 0 Å². The third-order valence-corrected chi connectivity index (χ3v) is 4.17. The molecule has 1 fully saturated rings. The van der Waals surface area contributed by atoms with Crippen LogP contribution in [0.15, 0.2) is 16.8 Å². The van der Waals surface area contributed by atoms with E-state index >= 15 is 0 Å². The fraction of sp³-hybridized carbons (Fsp3) is 0.667. The van der Waals surface area contributed by atoms with Crippen LogP contribution in [0.5, 0.6) is 0 Å². The minimum Gasteiger partial charge on any atom is -0.152 e. The lowest BCUT2D eigenvalue weighted by Gasteiger charge is -2.13. The molecule has 0 N–H and O–H groups in total. The van der Waals surface area contributed by atoms with Crippen LogP contribution in [0.3, 0.4) is 0 Å². The van der Waals surface area contributed by atoms with Crippen LogP contribution in [0.25, 0.3) is 0 Å². The minimum atomic E-state index is 0.354. The van der Waals surface area contributed by atoms with Crippen molar-refractivity contribution in [2.45, 2.75) is 43.9 Å². The molecule has 1 aromatic heterocycles. The van der Waals surface area contributed by atoms with Gasteiger partial charge in [0.25, 0.3) is 0 Å². The average Bonchev–Trinajstić information content (AvgIpc) is 2.76. The first kappa shape index (κ1) is 10.5. The van der Waals surface area contributed by atoms with Crippen LogP contribution in [0.4, 0.5) is 0 Å². The van der Waals surface area contributed by atoms with Crippen LogP contribution in [0, 0.1) is 5.92 Å². The summed E-state index contributed by atoms with van der Waals surface area (Å²) in [6.07, 6.45) is 7.94. The highest BCUT2D eigenvalue weighted by atomic mass is 35.5. The van der Waals surface area contributed by atoms with Gasteiger partial charge in [-0.1, -0.05) is 25.7 Å². The molecule has 1 aliphatic rings. The Hall–Kier alpha value is -0.0100. The van der Waals surface area contributed by atoms with Gasteiger partial charge in [0, 0.05) is 5.38 Å². The molecule has 0 nitrogen and oxygen atoms in total. The predicted octanol–water partition coefficient (Wildman–Crippen LogP) is 4.48. The topological polar surface area (TPSA) is 0 Å². The van der Waals surface area contributed by atoms with Gasteiger partial charge in [0.15, 0.2) is 0 Å². The summed E-state index contributed by atoms with van der Waals surface area (Å²) < 4.78 is 0. The Kier molecular flexibility index (Phi) is 3.89. The van der Waals surface area contributed by atoms with Crippen molar-refractivity contribution in [2.75, 3.05) is 0 Å². The normalized spacial score (nSPS) is 20.1. The van der Waals surface area contributed by atoms with Crippen LogP contribution in [0.2, 0.25) is 0 Å². The van der Waals surface area contributed by atoms with E-state index in [4.69, 9.17) is 11.6 Å². The van der Waals surface area contributed by atoms with E-state index in [1.807, 2.05) is 0 Å². The molecule has 14 heavy (non-hydrogen) atoms. The Bertz CT molecular complexity index is 249. The first-order chi connectivity index (χ1) is 6.84. The van der Waals surface area contributed by atoms with E-state index in [1.54, 1.807) is 11.3 Å². The smallest absolute Gasteiger partial charge is 0.0379 e. The van der Waals surface area contributed by atoms with Gasteiger partial charge in [-0.25, -0.2) is 0 Å². The second kappa shape index (κ2) is 5.18. The zero-order valence-corrected chi connectivity index (χ0v) is 9.99. The van der Waals surface area contributed by atoms with Crippen molar-refractivity contribution >= 4 is 22.9 Å². The van der Waals surface area contributed by atoms with E-state index in [9.17, 15) is 0 Å². The van der Waals surface area contributed by atoms with Crippen LogP contribution in [-0.2, 0) is 6.42 Å². The molecule has 1 aromatic rings. The van der Waals surface area contributed by atoms with Gasteiger partial charge in [-0.3, -0.25) is 0 Å². The maximum Gasteiger partial charge on any atom is 0.0379 e. The van der Waals surface area contributed by atoms with Crippen LogP contribution in [0.1, 0.15) is 37.7 Å². The first-order valence-corrected chi connectivity index (χ1v) is 6.87. The molecular formula is C12H17ClS. The van der Waals surface area contributed by atoms with Gasteiger partial charge in [0.1, 0.15) is 0 Å². The van der Waals surface area contributed by atoms with Crippen molar-refractivity contribution in [1.82, 2.24) is 0 Å². The Morgan fingerprint density at radius 3 is 2.86 bits per heavy atom. The van der Waals surface area contributed by atoms with E-state index in [2.05, 4.69) is 16.8 Å². The third-order valence-electron chi connectivity index (χ3n) is 3.10. The predicted molar refractivity (Wildman–Crippen MR) is 64.2 cm³/mol. The summed E-state index contributed by atoms with van der Waals surface area (Å²) in [6, 6.07) is 2.19. The molecule has 0 aromatic carbocycles. The molecule has 1 heterocycles. The summed E-state index contributed by atoms with van der Waals surface area (Å²) in [4.78, 5) is 0. The zero-order chi connectivity index (χ0) is 9.80. The Morgan fingerprint density at radius 2 is 2.21 bits per heavy atom. The zero-order valence-electron chi connectivity index (χ0n) is 8.42. The highest BCUT2D eigenvalue weighted by Gasteiger charge is 2.18. The molecule has 1 unspecified atom stereocenters. The largest absolute Gasteiger partial charge is 0.152 e. The Morgan fingerprint density at radius 1 is 1.43 bits per heavy atom. The lowest BCUT2D eigenvalue weighted by molar-refractivity contribution is 0.488. The highest BCUT2D eigenvalue weighted by molar-refractivity contribution is 7.07. The average molecular weight is 229 g/mol. The van der Waals surface area contributed by atoms with Gasteiger partial charge in [-0.15, -0.1) is 11.6 Å². The Balaban J connectivity index is 1.75. The van der Waals surface area contributed by atoms with Crippen LogP contribution < -0.4 is 0 Å². The monoisotopic (exact) mass is 228 g/mol. The molecular weight excluding hydrogens is 212 g/mol. The molecule has 78 valence electrons. The first-order valence-electron chi connectivity index (χ1n) is 5.50. The molecule has 0 spiro atoms. The number of alkyl halides is 1. The summed E-state index contributed by atoms with van der Waals surface area (Å²) in [5, 5.41) is 4.70. The van der Waals surface area contributed by atoms with Gasteiger partial charge in [0.05, 0.1) is 0 Å². The quantitative estimate of drug-likeness (QED) is 0.667. The van der Waals surface area contributed by atoms with Crippen LogP contribution >= 0.6 is 22.9 Å². The van der Waals surface area contributed by atoms with Crippen molar-refractivity contribution in [3.8, 4) is 0 Å². The molecule has 2 heteroatoms. The third kappa shape index (κ3) is 2.99. The fourth-order valence-electron chi connectivity index (χ4n) is 2.36. The molecule has 0 radical (unpaired) electrons. The van der Waals surface area contributed by atoms with Gasteiger partial charge in [0.2, 0.25) is 0 Å². The lowest BCUT2D eigenvalue weighted by atomic mass is 9.99. The number of halogens is 1. The van der Waals surface area contributed by atoms with E-state index in [-0.39, 0.29) is 0 Å². The standard InChI is InChI=1S/C12H17ClS/c13-12(7-10-3-1-2-4-10)8-11-5-6-14-9-11/h5-6,9-10,12H,1-4,7-8H2. The number of rotatable bonds is 4. The molecule has 2 rings (SSSR count). The molecule has 1 saturated carbocycles. The Labute approximate surface area is 95.3 Å². The number of hydrogen-bond acceptors (Lipinski definition) is 1. The summed E-state index contributed by atoms with van der Waals surface area (Å²) in [6.45, 7) is 0. The van der Waals surface area contributed by atoms with E-state index < -0.39 is 0 Å².